The van der Waals surface area contributed by atoms with E-state index < -0.39 is 11.9 Å². The summed E-state index contributed by atoms with van der Waals surface area (Å²) in [5.74, 6) is -1.76. The number of hydrogen-bond donors (Lipinski definition) is 1. The van der Waals surface area contributed by atoms with E-state index in [-0.39, 0.29) is 12.2 Å². The predicted octanol–water partition coefficient (Wildman–Crippen LogP) is 4.14. The van der Waals surface area contributed by atoms with Gasteiger partial charge in [-0.15, -0.1) is 0 Å². The van der Waals surface area contributed by atoms with Crippen LogP contribution in [0.5, 0.6) is 0 Å². The molecule has 0 bridgehead atoms. The molecule has 0 aromatic heterocycles. The maximum Gasteiger partial charge on any atom is 0.334 e. The Balaban J connectivity index is 2.01. The summed E-state index contributed by atoms with van der Waals surface area (Å²) in [5.41, 5.74) is 2.00. The number of halogens is 1. The molecule has 0 saturated heterocycles. The van der Waals surface area contributed by atoms with Gasteiger partial charge in [-0.2, -0.15) is 0 Å². The lowest BCUT2D eigenvalue weighted by Gasteiger charge is -2.09. The summed E-state index contributed by atoms with van der Waals surface area (Å²) >= 11 is 3.44. The van der Waals surface area contributed by atoms with Crippen molar-refractivity contribution < 1.29 is 19.4 Å². The summed E-state index contributed by atoms with van der Waals surface area (Å²) in [6, 6.07) is 16.9. The minimum Gasteiger partial charge on any atom is -0.478 e. The summed E-state index contributed by atoms with van der Waals surface area (Å²) in [6.07, 6.45) is 1.76. The van der Waals surface area contributed by atoms with Crippen LogP contribution in [0.25, 0.3) is 0 Å². The van der Waals surface area contributed by atoms with Gasteiger partial charge >= 0.3 is 11.9 Å². The largest absolute Gasteiger partial charge is 0.478 e. The second-order valence-electron chi connectivity index (χ2n) is 5.16. The van der Waals surface area contributed by atoms with E-state index in [0.29, 0.717) is 12.8 Å². The van der Waals surface area contributed by atoms with E-state index in [9.17, 15) is 9.59 Å². The van der Waals surface area contributed by atoms with Gasteiger partial charge in [0.15, 0.2) is 0 Å². The van der Waals surface area contributed by atoms with E-state index in [2.05, 4.69) is 15.9 Å². The first-order chi connectivity index (χ1) is 11.6. The van der Waals surface area contributed by atoms with E-state index in [4.69, 9.17) is 9.84 Å². The van der Waals surface area contributed by atoms with Gasteiger partial charge in [0, 0.05) is 16.1 Å². The summed E-state index contributed by atoms with van der Waals surface area (Å²) < 4.78 is 6.16. The molecule has 0 aliphatic heterocycles. The summed E-state index contributed by atoms with van der Waals surface area (Å²) in [6.45, 7) is 0.117. The van der Waals surface area contributed by atoms with Gasteiger partial charge in [0.25, 0.3) is 0 Å². The second-order valence-corrected chi connectivity index (χ2v) is 6.02. The summed E-state index contributed by atoms with van der Waals surface area (Å²) in [7, 11) is 0. The SMILES string of the molecule is O=C(O)C=C(CCc1ccccc1Br)C(=O)OCc1ccccc1. The van der Waals surface area contributed by atoms with Crippen molar-refractivity contribution in [3.63, 3.8) is 0 Å². The van der Waals surface area contributed by atoms with Crippen LogP contribution in [-0.2, 0) is 27.4 Å². The van der Waals surface area contributed by atoms with Crippen LogP contribution in [-0.4, -0.2) is 17.0 Å². The average Bonchev–Trinajstić information content (AvgIpc) is 2.58. The first-order valence-corrected chi connectivity index (χ1v) is 8.23. The van der Waals surface area contributed by atoms with Crippen LogP contribution < -0.4 is 0 Å². The van der Waals surface area contributed by atoms with E-state index in [1.54, 1.807) is 0 Å². The van der Waals surface area contributed by atoms with E-state index in [1.807, 2.05) is 54.6 Å². The molecule has 5 heteroatoms. The number of benzene rings is 2. The molecule has 2 aromatic carbocycles. The first kappa shape index (κ1) is 17.9. The van der Waals surface area contributed by atoms with Crippen LogP contribution in [0.15, 0.2) is 70.7 Å². The number of esters is 1. The van der Waals surface area contributed by atoms with Crippen molar-refractivity contribution >= 4 is 27.9 Å². The van der Waals surface area contributed by atoms with Gasteiger partial charge in [-0.1, -0.05) is 64.5 Å². The number of aliphatic carboxylic acids is 1. The molecule has 4 nitrogen and oxygen atoms in total. The molecule has 24 heavy (non-hydrogen) atoms. The zero-order valence-corrected chi connectivity index (χ0v) is 14.5. The molecule has 0 atom stereocenters. The van der Waals surface area contributed by atoms with Gasteiger partial charge in [0.1, 0.15) is 6.61 Å². The zero-order chi connectivity index (χ0) is 17.4. The number of hydrogen-bond acceptors (Lipinski definition) is 3. The Morgan fingerprint density at radius 2 is 1.71 bits per heavy atom. The highest BCUT2D eigenvalue weighted by Gasteiger charge is 2.14. The third-order valence-electron chi connectivity index (χ3n) is 3.39. The van der Waals surface area contributed by atoms with Crippen molar-refractivity contribution in [2.45, 2.75) is 19.4 Å². The normalized spacial score (nSPS) is 11.1. The molecular weight excluding hydrogens is 372 g/mol. The Hall–Kier alpha value is -2.40. The van der Waals surface area contributed by atoms with Crippen LogP contribution in [0.1, 0.15) is 17.5 Å². The van der Waals surface area contributed by atoms with Gasteiger partial charge in [-0.25, -0.2) is 9.59 Å². The Labute approximate surface area is 148 Å². The predicted molar refractivity (Wildman–Crippen MR) is 94.4 cm³/mol. The van der Waals surface area contributed by atoms with Crippen LogP contribution >= 0.6 is 15.9 Å². The lowest BCUT2D eigenvalue weighted by atomic mass is 10.0. The Morgan fingerprint density at radius 1 is 1.04 bits per heavy atom. The Kier molecular flexibility index (Phi) is 6.75. The minimum atomic E-state index is -1.16. The Bertz CT molecular complexity index is 738. The maximum atomic E-state index is 12.2. The molecule has 2 aromatic rings. The van der Waals surface area contributed by atoms with Gasteiger partial charge in [0.05, 0.1) is 0 Å². The fourth-order valence-electron chi connectivity index (χ4n) is 2.17. The topological polar surface area (TPSA) is 63.6 Å². The fourth-order valence-corrected chi connectivity index (χ4v) is 2.65. The number of carboxylic acids is 1. The van der Waals surface area contributed by atoms with Crippen LogP contribution in [0.2, 0.25) is 0 Å². The molecule has 0 heterocycles. The smallest absolute Gasteiger partial charge is 0.334 e. The van der Waals surface area contributed by atoms with Crippen molar-refractivity contribution in [3.05, 3.63) is 81.8 Å². The minimum absolute atomic E-state index is 0.117. The zero-order valence-electron chi connectivity index (χ0n) is 12.9. The lowest BCUT2D eigenvalue weighted by Crippen LogP contribution is -2.11. The third-order valence-corrected chi connectivity index (χ3v) is 4.17. The fraction of sp³-hybridized carbons (Fsp3) is 0.158. The molecule has 0 fully saturated rings. The lowest BCUT2D eigenvalue weighted by molar-refractivity contribution is -0.141. The molecule has 0 amide bonds. The van der Waals surface area contributed by atoms with Crippen molar-refractivity contribution in [2.75, 3.05) is 0 Å². The van der Waals surface area contributed by atoms with Crippen LogP contribution in [0, 0.1) is 0 Å². The first-order valence-electron chi connectivity index (χ1n) is 7.44. The molecule has 0 saturated carbocycles. The standard InChI is InChI=1S/C19H17BrO4/c20-17-9-5-4-8-15(17)10-11-16(12-18(21)22)19(23)24-13-14-6-2-1-3-7-14/h1-9,12H,10-11,13H2,(H,21,22). The highest BCUT2D eigenvalue weighted by Crippen LogP contribution is 2.20. The van der Waals surface area contributed by atoms with E-state index in [1.165, 1.54) is 0 Å². The molecular formula is C19H17BrO4. The number of rotatable bonds is 7. The third kappa shape index (κ3) is 5.66. The van der Waals surface area contributed by atoms with Crippen LogP contribution in [0.4, 0.5) is 0 Å². The van der Waals surface area contributed by atoms with Crippen LogP contribution in [0.3, 0.4) is 0 Å². The highest BCUT2D eigenvalue weighted by molar-refractivity contribution is 9.10. The molecule has 0 aliphatic carbocycles. The number of carboxylic acid groups (broad SMARTS) is 1. The molecule has 124 valence electrons. The molecule has 2 rings (SSSR count). The average molecular weight is 389 g/mol. The number of carbonyl (C=O) groups is 2. The molecule has 0 radical (unpaired) electrons. The van der Waals surface area contributed by atoms with Gasteiger partial charge in [-0.3, -0.25) is 0 Å². The van der Waals surface area contributed by atoms with E-state index in [0.717, 1.165) is 21.7 Å². The van der Waals surface area contributed by atoms with Gasteiger partial charge in [-0.05, 0) is 30.0 Å². The number of aryl methyl sites for hydroxylation is 1. The number of carbonyl (C=O) groups excluding carboxylic acids is 1. The quantitative estimate of drug-likeness (QED) is 0.571. The number of ether oxygens (including phenoxy) is 1. The van der Waals surface area contributed by atoms with Crippen molar-refractivity contribution in [1.29, 1.82) is 0 Å². The molecule has 1 N–H and O–H groups in total. The summed E-state index contributed by atoms with van der Waals surface area (Å²) in [5, 5.41) is 8.98. The molecule has 0 spiro atoms. The maximum absolute atomic E-state index is 12.2. The molecule has 0 unspecified atom stereocenters. The van der Waals surface area contributed by atoms with Crippen molar-refractivity contribution in [1.82, 2.24) is 0 Å². The van der Waals surface area contributed by atoms with E-state index >= 15 is 0 Å². The monoisotopic (exact) mass is 388 g/mol. The van der Waals surface area contributed by atoms with Crippen molar-refractivity contribution in [3.8, 4) is 0 Å². The highest BCUT2D eigenvalue weighted by atomic mass is 79.9. The summed E-state index contributed by atoms with van der Waals surface area (Å²) in [4.78, 5) is 23.2. The molecule has 0 aliphatic rings. The van der Waals surface area contributed by atoms with Gasteiger partial charge < -0.3 is 9.84 Å². The Morgan fingerprint density at radius 3 is 2.38 bits per heavy atom. The van der Waals surface area contributed by atoms with Crippen molar-refractivity contribution in [2.24, 2.45) is 0 Å². The van der Waals surface area contributed by atoms with Gasteiger partial charge in [0.2, 0.25) is 0 Å². The second kappa shape index (κ2) is 9.03.